The zero-order chi connectivity index (χ0) is 21.5. The van der Waals surface area contributed by atoms with Crippen LogP contribution in [0.1, 0.15) is 47.1 Å². The van der Waals surface area contributed by atoms with Crippen LogP contribution in [0.4, 0.5) is 4.79 Å². The molecule has 0 aliphatic heterocycles. The summed E-state index contributed by atoms with van der Waals surface area (Å²) in [4.78, 5) is 12.7. The van der Waals surface area contributed by atoms with Crippen molar-refractivity contribution in [2.75, 3.05) is 0 Å². The van der Waals surface area contributed by atoms with Crippen LogP contribution < -0.4 is 5.59 Å². The quantitative estimate of drug-likeness (QED) is 0.760. The number of carbonyl (C=O) groups excluding carboxylic acids is 1. The maximum atomic E-state index is 12.7. The highest BCUT2D eigenvalue weighted by Gasteiger charge is 2.37. The number of hydrogen-bond acceptors (Lipinski definition) is 5. The molecule has 0 aliphatic carbocycles. The number of fused-ring (bicyclic) bond motifs is 1. The Bertz CT molecular complexity index is 862. The summed E-state index contributed by atoms with van der Waals surface area (Å²) in [5, 5.41) is 20.3. The van der Waals surface area contributed by atoms with Crippen molar-refractivity contribution in [3.8, 4) is 0 Å². The van der Waals surface area contributed by atoms with Crippen LogP contribution >= 0.6 is 0 Å². The molecule has 0 saturated heterocycles. The highest BCUT2D eigenvalue weighted by molar-refractivity contribution is 6.74. The summed E-state index contributed by atoms with van der Waals surface area (Å²) >= 11 is 0. The first kappa shape index (κ1) is 22.7. The van der Waals surface area contributed by atoms with Crippen molar-refractivity contribution in [2.24, 2.45) is 0 Å². The molecule has 28 heavy (non-hydrogen) atoms. The van der Waals surface area contributed by atoms with Crippen molar-refractivity contribution < 1.29 is 24.0 Å². The van der Waals surface area contributed by atoms with Gasteiger partial charge in [-0.15, -0.1) is 0 Å². The number of rotatable bonds is 4. The van der Waals surface area contributed by atoms with Crippen molar-refractivity contribution in [3.05, 3.63) is 29.8 Å². The summed E-state index contributed by atoms with van der Waals surface area (Å²) in [6.45, 7) is 16.7. The molecular weight excluding hydrogens is 373 g/mol. The Morgan fingerprint density at radius 2 is 1.71 bits per heavy atom. The Morgan fingerprint density at radius 3 is 2.21 bits per heavy atom. The van der Waals surface area contributed by atoms with Crippen LogP contribution in [0.25, 0.3) is 10.9 Å². The Balaban J connectivity index is 2.43. The number of aromatic nitrogens is 1. The zero-order valence-electron chi connectivity index (χ0n) is 18.2. The van der Waals surface area contributed by atoms with E-state index in [0.29, 0.717) is 12.1 Å². The predicted molar refractivity (Wildman–Crippen MR) is 115 cm³/mol. The van der Waals surface area contributed by atoms with E-state index in [1.807, 2.05) is 18.2 Å². The fourth-order valence-electron chi connectivity index (χ4n) is 2.54. The monoisotopic (exact) mass is 405 g/mol. The molecule has 0 bridgehead atoms. The molecule has 0 saturated carbocycles. The second-order valence-electron chi connectivity index (χ2n) is 9.70. The van der Waals surface area contributed by atoms with Gasteiger partial charge in [-0.2, -0.15) is 0 Å². The first-order valence-electron chi connectivity index (χ1n) is 9.50. The lowest BCUT2D eigenvalue weighted by atomic mass is 9.86. The first-order valence-corrected chi connectivity index (χ1v) is 12.4. The van der Waals surface area contributed by atoms with Crippen molar-refractivity contribution in [1.82, 2.24) is 4.57 Å². The molecule has 0 radical (unpaired) electrons. The van der Waals surface area contributed by atoms with E-state index < -0.39 is 27.1 Å². The molecule has 0 atom stereocenters. The van der Waals surface area contributed by atoms with Crippen LogP contribution in [-0.2, 0) is 15.8 Å². The lowest BCUT2D eigenvalue weighted by molar-refractivity contribution is 0.0547. The van der Waals surface area contributed by atoms with E-state index >= 15 is 0 Å². The third-order valence-corrected chi connectivity index (χ3v) is 9.62. The molecule has 0 unspecified atom stereocenters. The molecule has 2 rings (SSSR count). The summed E-state index contributed by atoms with van der Waals surface area (Å²) in [6, 6.07) is 7.22. The molecule has 1 aromatic heterocycles. The predicted octanol–water partition coefficient (Wildman–Crippen LogP) is 3.63. The van der Waals surface area contributed by atoms with Gasteiger partial charge < -0.3 is 19.2 Å². The Kier molecular flexibility index (Phi) is 6.21. The van der Waals surface area contributed by atoms with E-state index in [-0.39, 0.29) is 10.6 Å². The molecular formula is C20H32BNO5Si. The van der Waals surface area contributed by atoms with Crippen molar-refractivity contribution in [3.63, 3.8) is 0 Å². The van der Waals surface area contributed by atoms with Crippen LogP contribution in [0.2, 0.25) is 18.1 Å². The van der Waals surface area contributed by atoms with E-state index in [1.165, 1.54) is 4.57 Å². The van der Waals surface area contributed by atoms with Gasteiger partial charge in [-0.25, -0.2) is 4.79 Å². The number of carbonyl (C=O) groups is 1. The molecule has 2 aromatic rings. The maximum Gasteiger partial charge on any atom is 0.506 e. The number of hydrogen-bond donors (Lipinski definition) is 2. The fraction of sp³-hybridized carbons (Fsp3) is 0.550. The van der Waals surface area contributed by atoms with Crippen LogP contribution in [0.3, 0.4) is 0 Å². The zero-order valence-corrected chi connectivity index (χ0v) is 19.2. The van der Waals surface area contributed by atoms with Gasteiger partial charge >= 0.3 is 13.2 Å². The summed E-state index contributed by atoms with van der Waals surface area (Å²) in [7, 11) is -3.70. The molecule has 0 fully saturated rings. The standard InChI is InChI=1S/C20H32BNO5Si/c1-19(2,3)27-18(23)22-16-11-14(13-26-28(7,8)20(4,5)6)9-10-15(16)12-17(22)21(24)25/h9-12,24-25H,13H2,1-8H3. The van der Waals surface area contributed by atoms with Gasteiger partial charge in [0.25, 0.3) is 0 Å². The maximum absolute atomic E-state index is 12.7. The highest BCUT2D eigenvalue weighted by Crippen LogP contribution is 2.37. The van der Waals surface area contributed by atoms with Gasteiger partial charge in [0.05, 0.1) is 17.7 Å². The third kappa shape index (κ3) is 5.05. The van der Waals surface area contributed by atoms with Gasteiger partial charge in [-0.1, -0.05) is 32.9 Å². The molecule has 8 heteroatoms. The van der Waals surface area contributed by atoms with E-state index in [4.69, 9.17) is 9.16 Å². The minimum Gasteiger partial charge on any atom is -0.443 e. The van der Waals surface area contributed by atoms with Gasteiger partial charge in [0.1, 0.15) is 5.60 Å². The summed E-state index contributed by atoms with van der Waals surface area (Å²) in [5.74, 6) is 0. The lowest BCUT2D eigenvalue weighted by Crippen LogP contribution is -2.41. The molecule has 0 aliphatic rings. The molecule has 2 N–H and O–H groups in total. The lowest BCUT2D eigenvalue weighted by Gasteiger charge is -2.36. The van der Waals surface area contributed by atoms with Crippen LogP contribution in [0.15, 0.2) is 24.3 Å². The second-order valence-corrected chi connectivity index (χ2v) is 14.5. The van der Waals surface area contributed by atoms with Crippen LogP contribution in [0, 0.1) is 0 Å². The minimum atomic E-state index is -1.91. The van der Waals surface area contributed by atoms with Crippen molar-refractivity contribution in [1.29, 1.82) is 0 Å². The van der Waals surface area contributed by atoms with E-state index in [1.54, 1.807) is 26.8 Å². The number of benzene rings is 1. The average molecular weight is 405 g/mol. The Hall–Kier alpha value is -1.61. The molecule has 0 spiro atoms. The smallest absolute Gasteiger partial charge is 0.443 e. The SMILES string of the molecule is CC(C)(C)OC(=O)n1c(B(O)O)cc2ccc(CO[Si](C)(C)C(C)(C)C)cc21. The fourth-order valence-corrected chi connectivity index (χ4v) is 3.50. The van der Waals surface area contributed by atoms with Gasteiger partial charge in [0.2, 0.25) is 0 Å². The molecule has 1 heterocycles. The Morgan fingerprint density at radius 1 is 1.11 bits per heavy atom. The van der Waals surface area contributed by atoms with Crippen LogP contribution in [0.5, 0.6) is 0 Å². The summed E-state index contributed by atoms with van der Waals surface area (Å²) < 4.78 is 13.0. The van der Waals surface area contributed by atoms with Crippen molar-refractivity contribution in [2.45, 2.75) is 71.9 Å². The summed E-state index contributed by atoms with van der Waals surface area (Å²) in [5.41, 5.74) is 0.855. The Labute approximate surface area is 168 Å². The molecule has 1 aromatic carbocycles. The average Bonchev–Trinajstić information content (AvgIpc) is 2.89. The number of nitrogens with zero attached hydrogens (tertiary/aromatic N) is 1. The normalized spacial score (nSPS) is 13.1. The van der Waals surface area contributed by atoms with E-state index in [9.17, 15) is 14.8 Å². The van der Waals surface area contributed by atoms with Crippen molar-refractivity contribution >= 4 is 38.0 Å². The third-order valence-electron chi connectivity index (χ3n) is 5.14. The molecule has 6 nitrogen and oxygen atoms in total. The largest absolute Gasteiger partial charge is 0.506 e. The molecule has 0 amide bonds. The first-order chi connectivity index (χ1) is 12.6. The second kappa shape index (κ2) is 7.67. The van der Waals surface area contributed by atoms with E-state index in [2.05, 4.69) is 33.9 Å². The highest BCUT2D eigenvalue weighted by atomic mass is 28.4. The van der Waals surface area contributed by atoms with Gasteiger partial charge in [0.15, 0.2) is 8.32 Å². The number of ether oxygens (including phenoxy) is 1. The van der Waals surface area contributed by atoms with Gasteiger partial charge in [-0.05, 0) is 62.0 Å². The van der Waals surface area contributed by atoms with E-state index in [0.717, 1.165) is 10.9 Å². The topological polar surface area (TPSA) is 80.9 Å². The summed E-state index contributed by atoms with van der Waals surface area (Å²) in [6.07, 6.45) is -0.645. The van der Waals surface area contributed by atoms with Gasteiger partial charge in [0, 0.05) is 0 Å². The minimum absolute atomic E-state index is 0.0757. The van der Waals surface area contributed by atoms with Crippen LogP contribution in [-0.4, -0.2) is 41.7 Å². The molecule has 154 valence electrons. The van der Waals surface area contributed by atoms with Gasteiger partial charge in [-0.3, -0.25) is 4.57 Å².